The van der Waals surface area contributed by atoms with E-state index >= 15 is 0 Å². The number of fused-ring (bicyclic) bond motifs is 5. The van der Waals surface area contributed by atoms with Crippen LogP contribution in [0.25, 0.3) is 0 Å². The van der Waals surface area contributed by atoms with Gasteiger partial charge in [0, 0.05) is 11.8 Å². The molecule has 27 heavy (non-hydrogen) atoms. The summed E-state index contributed by atoms with van der Waals surface area (Å²) in [5.74, 6) is 2.05. The van der Waals surface area contributed by atoms with Crippen molar-refractivity contribution in [3.63, 3.8) is 0 Å². The predicted octanol–water partition coefficient (Wildman–Crippen LogP) is -0.457. The van der Waals surface area contributed by atoms with E-state index in [1.807, 2.05) is 0 Å². The number of rotatable bonds is 2. The topological polar surface area (TPSA) is 115 Å². The molecular weight excluding hydrogens is 379 g/mol. The van der Waals surface area contributed by atoms with E-state index in [4.69, 9.17) is 4.18 Å². The van der Waals surface area contributed by atoms with Gasteiger partial charge in [-0.2, -0.15) is 0 Å². The molecule has 0 unspecified atom stereocenters. The Labute approximate surface area is 184 Å². The second kappa shape index (κ2) is 7.82. The van der Waals surface area contributed by atoms with Crippen molar-refractivity contribution >= 4 is 16.2 Å². The van der Waals surface area contributed by atoms with Gasteiger partial charge >= 0.3 is 29.6 Å². The van der Waals surface area contributed by atoms with Crippen molar-refractivity contribution in [3.8, 4) is 0 Å². The van der Waals surface area contributed by atoms with E-state index in [2.05, 4.69) is 19.9 Å². The van der Waals surface area contributed by atoms with Crippen molar-refractivity contribution in [3.05, 3.63) is 11.6 Å². The molecular formula is C19H29NaO6S. The Hall–Kier alpha value is 0.240. The average molecular weight is 408 g/mol. The van der Waals surface area contributed by atoms with Crippen LogP contribution in [0.3, 0.4) is 0 Å². The molecule has 4 aliphatic rings. The number of hydrogen-bond donors (Lipinski definition) is 0. The molecule has 0 amide bonds. The molecule has 6 atom stereocenters. The first-order valence-electron chi connectivity index (χ1n) is 9.50. The van der Waals surface area contributed by atoms with Crippen LogP contribution in [0.5, 0.6) is 0 Å². The van der Waals surface area contributed by atoms with Crippen molar-refractivity contribution in [1.29, 1.82) is 0 Å². The summed E-state index contributed by atoms with van der Waals surface area (Å²) in [6.45, 7) is 4.48. The van der Waals surface area contributed by atoms with Gasteiger partial charge in [0.25, 0.3) is 0 Å². The molecule has 0 heterocycles. The predicted molar refractivity (Wildman–Crippen MR) is 94.9 cm³/mol. The third-order valence-electron chi connectivity index (χ3n) is 8.02. The summed E-state index contributed by atoms with van der Waals surface area (Å²) >= 11 is 0. The van der Waals surface area contributed by atoms with Gasteiger partial charge in [0.2, 0.25) is 10.4 Å². The maximum atomic E-state index is 12.4. The number of carbonyl (C=O) groups is 1. The molecule has 4 rings (SSSR count). The summed E-state index contributed by atoms with van der Waals surface area (Å²) in [6, 6.07) is 0. The van der Waals surface area contributed by atoms with E-state index in [0.717, 1.165) is 38.5 Å². The van der Waals surface area contributed by atoms with Crippen LogP contribution in [0.4, 0.5) is 0 Å². The Morgan fingerprint density at radius 1 is 1.11 bits per heavy atom. The fourth-order valence-electron chi connectivity index (χ4n) is 6.65. The second-order valence-electron chi connectivity index (χ2n) is 9.05. The normalized spacial score (nSPS) is 43.4. The molecule has 0 saturated heterocycles. The number of carbonyl (C=O) groups excluding carboxylic acids is 1. The zero-order valence-corrected chi connectivity index (χ0v) is 19.3. The molecule has 0 spiro atoms. The second-order valence-corrected chi connectivity index (χ2v) is 10.1. The summed E-state index contributed by atoms with van der Waals surface area (Å²) < 4.78 is 37.5. The van der Waals surface area contributed by atoms with Gasteiger partial charge in [0.05, 0.1) is 6.10 Å². The quantitative estimate of drug-likeness (QED) is 0.265. The summed E-state index contributed by atoms with van der Waals surface area (Å²) in [5.41, 5.74) is 1.20. The molecule has 6 nitrogen and oxygen atoms in total. The first-order valence-corrected chi connectivity index (χ1v) is 10.8. The molecule has 8 heteroatoms. The number of allylic oxidation sites excluding steroid dienone is 1. The van der Waals surface area contributed by atoms with Crippen molar-refractivity contribution < 1.29 is 57.0 Å². The van der Waals surface area contributed by atoms with E-state index in [-0.39, 0.29) is 45.9 Å². The zero-order valence-electron chi connectivity index (χ0n) is 16.5. The molecule has 2 N–H and O–H groups in total. The monoisotopic (exact) mass is 408 g/mol. The molecule has 3 saturated carbocycles. The van der Waals surface area contributed by atoms with E-state index in [1.165, 1.54) is 5.57 Å². The first kappa shape index (κ1) is 23.5. The molecule has 4 aliphatic carbocycles. The van der Waals surface area contributed by atoms with Crippen LogP contribution in [0.2, 0.25) is 0 Å². The van der Waals surface area contributed by atoms with E-state index in [1.54, 1.807) is 0 Å². The van der Waals surface area contributed by atoms with Crippen LogP contribution >= 0.6 is 0 Å². The molecule has 3 fully saturated rings. The summed E-state index contributed by atoms with van der Waals surface area (Å²) in [4.78, 5) is 12.4. The first-order chi connectivity index (χ1) is 11.6. The standard InChI is InChI=1S/C19H28O5S.Na.H2O/c1-18-9-7-13(24-25(21,22)23)11-12(18)3-4-14-15-5-6-17(20)19(15,2)10-8-16(14)18;;/h3,13-16H,4-11H2,1-2H3,(H,21,22,23);;1H2/q;+1;/p-1/t13-,14-,15-,16-,18-,19-;;/m0../s1. The number of hydrogen-bond acceptors (Lipinski definition) is 5. The zero-order chi connectivity index (χ0) is 18.0. The average Bonchev–Trinajstić information content (AvgIpc) is 2.82. The van der Waals surface area contributed by atoms with Crippen molar-refractivity contribution in [1.82, 2.24) is 0 Å². The maximum Gasteiger partial charge on any atom is 1.00 e. The van der Waals surface area contributed by atoms with Gasteiger partial charge in [-0.25, -0.2) is 8.42 Å². The number of ketones is 1. The summed E-state index contributed by atoms with van der Waals surface area (Å²) in [5, 5.41) is 0. The third kappa shape index (κ3) is 3.86. The fourth-order valence-corrected chi connectivity index (χ4v) is 7.14. The molecule has 0 aromatic heterocycles. The van der Waals surface area contributed by atoms with Gasteiger partial charge in [-0.15, -0.1) is 0 Å². The van der Waals surface area contributed by atoms with Crippen LogP contribution in [0, 0.1) is 28.6 Å². The molecule has 0 aromatic carbocycles. The molecule has 0 aromatic rings. The van der Waals surface area contributed by atoms with E-state index in [9.17, 15) is 17.8 Å². The minimum Gasteiger partial charge on any atom is -0.726 e. The van der Waals surface area contributed by atoms with E-state index in [0.29, 0.717) is 36.4 Å². The molecule has 148 valence electrons. The van der Waals surface area contributed by atoms with Gasteiger partial charge in [0.1, 0.15) is 5.78 Å². The fraction of sp³-hybridized carbons (Fsp3) is 0.842. The van der Waals surface area contributed by atoms with Gasteiger partial charge in [0.15, 0.2) is 0 Å². The molecule has 0 bridgehead atoms. The largest absolute Gasteiger partial charge is 1.00 e. The summed E-state index contributed by atoms with van der Waals surface area (Å²) in [6.07, 6.45) is 8.55. The Bertz CT molecular complexity index is 734. The SMILES string of the molecule is C[C@]12CC[C@H](OS(=O)(=O)[O-])CC1=CC[C@@H]1[C@@H]2CC[C@]2(C)C(=O)CC[C@@H]12.O.[Na+]. The Morgan fingerprint density at radius 3 is 2.41 bits per heavy atom. The van der Waals surface area contributed by atoms with Crippen LogP contribution in [0.15, 0.2) is 11.6 Å². The van der Waals surface area contributed by atoms with Crippen molar-refractivity contribution in [2.75, 3.05) is 0 Å². The van der Waals surface area contributed by atoms with Gasteiger partial charge in [-0.05, 0) is 68.1 Å². The van der Waals surface area contributed by atoms with Crippen molar-refractivity contribution in [2.45, 2.75) is 71.3 Å². The minimum absolute atomic E-state index is 0. The minimum atomic E-state index is -4.65. The van der Waals surface area contributed by atoms with Gasteiger partial charge in [-0.3, -0.25) is 8.98 Å². The Kier molecular flexibility index (Phi) is 6.81. The van der Waals surface area contributed by atoms with Crippen LogP contribution in [-0.2, 0) is 19.4 Å². The van der Waals surface area contributed by atoms with Gasteiger partial charge < -0.3 is 10.0 Å². The summed E-state index contributed by atoms with van der Waals surface area (Å²) in [7, 11) is -4.65. The maximum absolute atomic E-state index is 12.4. The van der Waals surface area contributed by atoms with Crippen LogP contribution in [-0.4, -0.2) is 30.3 Å². The molecule has 0 aliphatic heterocycles. The third-order valence-corrected chi connectivity index (χ3v) is 8.53. The van der Waals surface area contributed by atoms with Crippen LogP contribution in [0.1, 0.15) is 65.2 Å². The Morgan fingerprint density at radius 2 is 1.74 bits per heavy atom. The number of Topliss-reactive ketones (excluding diaryl/α,β-unsaturated/α-hetero) is 1. The molecule has 0 radical (unpaired) electrons. The van der Waals surface area contributed by atoms with Gasteiger partial charge in [-0.1, -0.05) is 25.5 Å². The van der Waals surface area contributed by atoms with Crippen molar-refractivity contribution in [2.24, 2.45) is 28.6 Å². The smallest absolute Gasteiger partial charge is 0.726 e. The Balaban J connectivity index is 0.00000131. The van der Waals surface area contributed by atoms with E-state index < -0.39 is 16.5 Å². The van der Waals surface area contributed by atoms with Crippen LogP contribution < -0.4 is 29.6 Å².